The third-order valence-electron chi connectivity index (χ3n) is 5.96. The van der Waals surface area contributed by atoms with Gasteiger partial charge in [0.15, 0.2) is 19.9 Å². The second-order valence-electron chi connectivity index (χ2n) is 9.02. The molecule has 2 atom stereocenters. The van der Waals surface area contributed by atoms with Crippen LogP contribution in [0.2, 0.25) is 0 Å². The van der Waals surface area contributed by atoms with Crippen LogP contribution in [0.1, 0.15) is 44.2 Å². The van der Waals surface area contributed by atoms with E-state index in [0.29, 0.717) is 48.8 Å². The topological polar surface area (TPSA) is 162 Å². The molecular weight excluding hydrogens is 501 g/mol. The van der Waals surface area contributed by atoms with Gasteiger partial charge >= 0.3 is 6.09 Å². The normalized spacial score (nSPS) is 19.6. The SMILES string of the molecule is COc1c(OC2CCN(C(=O)OC(C)C)CC2)ccnc1N(N)N1/N=[P+](/[O-])CC(O)c2ccc1c(C)n2. The van der Waals surface area contributed by atoms with Gasteiger partial charge in [-0.05, 0) is 32.9 Å². The number of aromatic nitrogens is 2. The van der Waals surface area contributed by atoms with Crippen molar-refractivity contribution in [3.05, 3.63) is 35.8 Å². The molecule has 0 saturated carbocycles. The van der Waals surface area contributed by atoms with Crippen LogP contribution >= 0.6 is 7.94 Å². The van der Waals surface area contributed by atoms with Crippen molar-refractivity contribution in [1.29, 1.82) is 0 Å². The van der Waals surface area contributed by atoms with Gasteiger partial charge in [0.05, 0.1) is 24.6 Å². The van der Waals surface area contributed by atoms with Crippen molar-refractivity contribution in [1.82, 2.24) is 14.9 Å². The summed E-state index contributed by atoms with van der Waals surface area (Å²) in [6.45, 7) is 6.39. The Bertz CT molecular complexity index is 1160. The van der Waals surface area contributed by atoms with Crippen molar-refractivity contribution in [2.75, 3.05) is 36.6 Å². The van der Waals surface area contributed by atoms with Gasteiger partial charge in [-0.3, -0.25) is 4.98 Å². The van der Waals surface area contributed by atoms with Gasteiger partial charge in [-0.25, -0.2) is 15.6 Å². The first-order chi connectivity index (χ1) is 17.7. The lowest BCUT2D eigenvalue weighted by Crippen LogP contribution is -2.46. The largest absolute Gasteiger partial charge is 0.610 e. The average Bonchev–Trinajstić information content (AvgIpc) is 2.94. The van der Waals surface area contributed by atoms with Crippen LogP contribution in [-0.2, 0) is 4.74 Å². The lowest BCUT2D eigenvalue weighted by Gasteiger charge is -2.33. The van der Waals surface area contributed by atoms with E-state index in [1.807, 2.05) is 13.8 Å². The van der Waals surface area contributed by atoms with E-state index in [2.05, 4.69) is 14.8 Å². The Morgan fingerprint density at radius 2 is 2.03 bits per heavy atom. The monoisotopic (exact) mass is 533 g/mol. The van der Waals surface area contributed by atoms with Crippen LogP contribution in [-0.4, -0.2) is 64.6 Å². The highest BCUT2D eigenvalue weighted by Gasteiger charge is 2.30. The molecule has 2 unspecified atom stereocenters. The van der Waals surface area contributed by atoms with Crippen LogP contribution in [0.4, 0.5) is 16.3 Å². The minimum absolute atomic E-state index is 0.0967. The highest BCUT2D eigenvalue weighted by molar-refractivity contribution is 7.39. The number of likely N-dealkylation sites (tertiary alicyclic amines) is 1. The predicted octanol–water partition coefficient (Wildman–Crippen LogP) is 2.19. The number of amides is 1. The van der Waals surface area contributed by atoms with Gasteiger partial charge in [-0.15, -0.1) is 5.12 Å². The molecule has 1 saturated heterocycles. The van der Waals surface area contributed by atoms with Gasteiger partial charge in [0, 0.05) is 43.0 Å². The van der Waals surface area contributed by atoms with E-state index in [9.17, 15) is 14.8 Å². The number of aliphatic hydroxyl groups excluding tert-OH is 1. The fourth-order valence-electron chi connectivity index (χ4n) is 4.12. The number of aliphatic hydroxyl groups is 1. The number of fused-ring (bicyclic) bond motifs is 5. The van der Waals surface area contributed by atoms with E-state index < -0.39 is 14.0 Å². The molecule has 0 radical (unpaired) electrons. The van der Waals surface area contributed by atoms with Gasteiger partial charge in [0.25, 0.3) is 0 Å². The van der Waals surface area contributed by atoms with Crippen LogP contribution in [0.3, 0.4) is 0 Å². The van der Waals surface area contributed by atoms with Crippen molar-refractivity contribution in [2.45, 2.75) is 51.9 Å². The number of aryl methyl sites for hydroxylation is 1. The van der Waals surface area contributed by atoms with Crippen molar-refractivity contribution in [2.24, 2.45) is 10.7 Å². The molecule has 14 heteroatoms. The predicted molar refractivity (Wildman–Crippen MR) is 135 cm³/mol. The number of hydrazine groups is 2. The number of hydrogen-bond donors (Lipinski definition) is 2. The van der Waals surface area contributed by atoms with Crippen LogP contribution in [0.15, 0.2) is 29.2 Å². The average molecular weight is 534 g/mol. The number of nitrogens with two attached hydrogens (primary N) is 1. The van der Waals surface area contributed by atoms with Crippen molar-refractivity contribution < 1.29 is 29.0 Å². The molecule has 0 aliphatic carbocycles. The molecule has 3 aliphatic rings. The Hall–Kier alpha value is -3.25. The summed E-state index contributed by atoms with van der Waals surface area (Å²) in [6.07, 6.45) is 0.983. The number of ether oxygens (including phenoxy) is 3. The summed E-state index contributed by atoms with van der Waals surface area (Å²) in [7, 11) is -0.733. The molecule has 0 aromatic carbocycles. The Kier molecular flexibility index (Phi) is 8.28. The fourth-order valence-corrected chi connectivity index (χ4v) is 5.05. The molecule has 5 heterocycles. The van der Waals surface area contributed by atoms with Gasteiger partial charge in [0.1, 0.15) is 17.9 Å². The third-order valence-corrected chi connectivity index (χ3v) is 6.98. The van der Waals surface area contributed by atoms with Crippen LogP contribution in [0.25, 0.3) is 0 Å². The van der Waals surface area contributed by atoms with E-state index >= 15 is 0 Å². The van der Waals surface area contributed by atoms with Crippen LogP contribution < -0.4 is 30.4 Å². The Balaban J connectivity index is 1.55. The number of nitrogens with zero attached hydrogens (tertiary/aromatic N) is 6. The standard InChI is InChI=1S/C23H32N7O6P/c1-14(2)35-23(32)28-11-8-16(9-12-28)36-20-7-10-25-22(21(20)34-4)29(24)30-18-6-5-17(26-15(18)3)19(31)13-37(33)27-30/h5-7,10,14,16,19,31H,8-9,11-13,24H2,1-4H3. The van der Waals surface area contributed by atoms with E-state index in [1.165, 1.54) is 18.4 Å². The summed E-state index contributed by atoms with van der Waals surface area (Å²) >= 11 is 0. The Morgan fingerprint density at radius 3 is 2.68 bits per heavy atom. The highest BCUT2D eigenvalue weighted by Crippen LogP contribution is 2.39. The Labute approximate surface area is 216 Å². The maximum absolute atomic E-state index is 12.7. The summed E-state index contributed by atoms with van der Waals surface area (Å²) in [4.78, 5) is 39.5. The number of rotatable bonds is 6. The quantitative estimate of drug-likeness (QED) is 0.318. The van der Waals surface area contributed by atoms with E-state index in [4.69, 9.17) is 20.1 Å². The molecule has 37 heavy (non-hydrogen) atoms. The molecule has 1 amide bonds. The maximum Gasteiger partial charge on any atom is 0.410 e. The zero-order chi connectivity index (χ0) is 26.7. The molecule has 3 N–H and O–H groups in total. The number of pyridine rings is 2. The molecule has 5 rings (SSSR count). The zero-order valence-electron chi connectivity index (χ0n) is 21.3. The van der Waals surface area contributed by atoms with E-state index in [0.717, 1.165) is 5.12 Å². The lowest BCUT2D eigenvalue weighted by molar-refractivity contribution is -0.156. The zero-order valence-corrected chi connectivity index (χ0v) is 22.2. The van der Waals surface area contributed by atoms with Gasteiger partial charge in [0.2, 0.25) is 11.6 Å². The first-order valence-corrected chi connectivity index (χ1v) is 13.4. The first kappa shape index (κ1) is 26.8. The van der Waals surface area contributed by atoms with Crippen LogP contribution in [0, 0.1) is 6.92 Å². The molecule has 2 bridgehead atoms. The van der Waals surface area contributed by atoms with E-state index in [-0.39, 0.29) is 36.0 Å². The van der Waals surface area contributed by atoms with Gasteiger partial charge in [-0.2, -0.15) is 5.12 Å². The smallest absolute Gasteiger partial charge is 0.410 e. The fraction of sp³-hybridized carbons (Fsp3) is 0.522. The second kappa shape index (κ2) is 11.4. The first-order valence-electron chi connectivity index (χ1n) is 12.0. The summed E-state index contributed by atoms with van der Waals surface area (Å²) < 4.78 is 17.1. The third kappa shape index (κ3) is 6.02. The van der Waals surface area contributed by atoms with Crippen LogP contribution in [0.5, 0.6) is 11.5 Å². The summed E-state index contributed by atoms with van der Waals surface area (Å²) in [5.74, 6) is 7.31. The highest BCUT2D eigenvalue weighted by atomic mass is 31.1. The van der Waals surface area contributed by atoms with Crippen molar-refractivity contribution in [3.8, 4) is 11.5 Å². The van der Waals surface area contributed by atoms with Crippen molar-refractivity contribution >= 4 is 25.5 Å². The molecule has 2 aromatic rings. The summed E-state index contributed by atoms with van der Waals surface area (Å²) in [6, 6.07) is 5.01. The molecular formula is C23H32N7O6P. The molecule has 0 spiro atoms. The number of carbonyl (C=O) groups excluding carboxylic acids is 1. The number of anilines is 2. The summed E-state index contributed by atoms with van der Waals surface area (Å²) in [5, 5.41) is 12.7. The van der Waals surface area contributed by atoms with E-state index in [1.54, 1.807) is 30.0 Å². The second-order valence-corrected chi connectivity index (χ2v) is 10.3. The number of methoxy groups -OCH3 is 1. The molecule has 1 fully saturated rings. The molecule has 3 aliphatic heterocycles. The summed E-state index contributed by atoms with van der Waals surface area (Å²) in [5.41, 5.74) is 1.43. The van der Waals surface area contributed by atoms with Gasteiger partial charge in [-0.1, -0.05) is 0 Å². The van der Waals surface area contributed by atoms with Crippen molar-refractivity contribution in [3.63, 3.8) is 0 Å². The minimum atomic E-state index is -2.21. The molecule has 200 valence electrons. The Morgan fingerprint density at radius 1 is 1.30 bits per heavy atom. The molecule has 13 nitrogen and oxygen atoms in total. The number of hydrogen-bond acceptors (Lipinski definition) is 12. The molecule has 2 aromatic heterocycles. The number of carbonyl (C=O) groups is 1. The van der Waals surface area contributed by atoms with Gasteiger partial charge < -0.3 is 29.1 Å². The maximum atomic E-state index is 12.7. The minimum Gasteiger partial charge on any atom is -0.610 e. The lowest BCUT2D eigenvalue weighted by atomic mass is 10.1. The number of piperidine rings is 1.